The van der Waals surface area contributed by atoms with Crippen LogP contribution < -0.4 is 15.7 Å². The van der Waals surface area contributed by atoms with E-state index in [4.69, 9.17) is 5.21 Å². The highest BCUT2D eigenvalue weighted by atomic mass is 16.5. The third kappa shape index (κ3) is 6.27. The number of hydrogen-bond acceptors (Lipinski definition) is 7. The van der Waals surface area contributed by atoms with E-state index in [9.17, 15) is 19.5 Å². The first-order valence-electron chi connectivity index (χ1n) is 21.2. The summed E-state index contributed by atoms with van der Waals surface area (Å²) in [6, 6.07) is 7.97. The van der Waals surface area contributed by atoms with Gasteiger partial charge in [0, 0.05) is 61.9 Å². The van der Waals surface area contributed by atoms with Gasteiger partial charge in [-0.2, -0.15) is 0 Å². The first-order valence-corrected chi connectivity index (χ1v) is 21.2. The van der Waals surface area contributed by atoms with E-state index in [1.807, 2.05) is 24.3 Å². The maximum absolute atomic E-state index is 14.7. The highest BCUT2D eigenvalue weighted by Crippen LogP contribution is 2.75. The molecule has 0 spiro atoms. The van der Waals surface area contributed by atoms with Gasteiger partial charge in [0.1, 0.15) is 0 Å². The summed E-state index contributed by atoms with van der Waals surface area (Å²) in [5.74, 6) is 1.05. The Hall–Kier alpha value is -2.75. The fourth-order valence-corrected chi connectivity index (χ4v) is 13.4. The van der Waals surface area contributed by atoms with Gasteiger partial charge < -0.3 is 25.4 Å². The van der Waals surface area contributed by atoms with Gasteiger partial charge in [-0.1, -0.05) is 54.0 Å². The number of unbranched alkanes of at least 4 members (excludes halogenated alkanes) is 1. The van der Waals surface area contributed by atoms with E-state index in [0.29, 0.717) is 44.2 Å². The molecule has 9 nitrogen and oxygen atoms in total. The Balaban J connectivity index is 1.04. The molecule has 1 aromatic carbocycles. The van der Waals surface area contributed by atoms with Crippen LogP contribution in [0, 0.1) is 50.2 Å². The molecule has 5 fully saturated rings. The van der Waals surface area contributed by atoms with Crippen molar-refractivity contribution >= 4 is 29.0 Å². The molecular weight excluding hydrogens is 677 g/mol. The zero-order valence-corrected chi connectivity index (χ0v) is 34.2. The molecule has 1 aliphatic heterocycles. The van der Waals surface area contributed by atoms with Crippen LogP contribution in [0.5, 0.6) is 0 Å². The smallest absolute Gasteiger partial charge is 0.228 e. The number of fused-ring (bicyclic) bond motifs is 7. The average molecular weight is 745 g/mol. The number of nitrogens with zero attached hydrogens (tertiary/aromatic N) is 2. The van der Waals surface area contributed by atoms with Crippen LogP contribution in [0.2, 0.25) is 0 Å². The predicted molar refractivity (Wildman–Crippen MR) is 213 cm³/mol. The van der Waals surface area contributed by atoms with Crippen LogP contribution in [-0.4, -0.2) is 71.6 Å². The number of amides is 2. The Morgan fingerprint density at radius 3 is 2.22 bits per heavy atom. The number of benzene rings is 1. The normalized spacial score (nSPS) is 40.1. The second-order valence-corrected chi connectivity index (χ2v) is 20.4. The fourth-order valence-electron chi connectivity index (χ4n) is 13.4. The van der Waals surface area contributed by atoms with E-state index < -0.39 is 5.41 Å². The number of piperazine rings is 1. The molecule has 4 saturated carbocycles. The Bertz CT molecular complexity index is 1650. The van der Waals surface area contributed by atoms with Gasteiger partial charge in [-0.15, -0.1) is 0 Å². The van der Waals surface area contributed by atoms with Gasteiger partial charge in [-0.3, -0.25) is 14.4 Å². The van der Waals surface area contributed by atoms with Gasteiger partial charge in [0.05, 0.1) is 6.10 Å². The molecule has 1 aromatic rings. The fraction of sp³-hybridized carbons (Fsp3) is 0.756. The third-order valence-corrected chi connectivity index (χ3v) is 17.1. The molecule has 0 bridgehead atoms. The minimum Gasteiger partial charge on any atom is -0.393 e. The SMILES string of the molecule is CC1(C)[C@@H](O)CC[C@]2(C)[C@H]3C(=O)C=C4[C@@H]5C[C@@](C)(C(=O)N6CCN(c7ccc(NC(=O)CCCCNO)cc7)CC6)CC[C@]5(C)CC[C@@]4(C)[C@]3(C)CC[C@@H]12. The Morgan fingerprint density at radius 2 is 1.54 bits per heavy atom. The Morgan fingerprint density at radius 1 is 0.852 bits per heavy atom. The molecule has 2 amide bonds. The minimum atomic E-state index is -0.464. The van der Waals surface area contributed by atoms with E-state index in [2.05, 4.69) is 75.1 Å². The molecular formula is C45H68N4O5. The molecule has 298 valence electrons. The van der Waals surface area contributed by atoms with Crippen molar-refractivity contribution < 1.29 is 24.7 Å². The van der Waals surface area contributed by atoms with Crippen LogP contribution in [0.25, 0.3) is 0 Å². The zero-order chi connectivity index (χ0) is 38.9. The molecule has 9 heteroatoms. The second-order valence-electron chi connectivity index (χ2n) is 20.4. The molecule has 6 aliphatic rings. The molecule has 9 atom stereocenters. The van der Waals surface area contributed by atoms with E-state index in [0.717, 1.165) is 88.7 Å². The number of allylic oxidation sites excluding steroid dienone is 2. The topological polar surface area (TPSA) is 122 Å². The second kappa shape index (κ2) is 14.0. The summed E-state index contributed by atoms with van der Waals surface area (Å²) in [6.07, 6.45) is 12.3. The lowest BCUT2D eigenvalue weighted by atomic mass is 9.33. The first kappa shape index (κ1) is 39.5. The van der Waals surface area contributed by atoms with Crippen LogP contribution in [0.1, 0.15) is 126 Å². The summed E-state index contributed by atoms with van der Waals surface area (Å²) in [5, 5.41) is 22.7. The highest BCUT2D eigenvalue weighted by molar-refractivity contribution is 5.96. The number of carbonyl (C=O) groups excluding carboxylic acids is 3. The summed E-state index contributed by atoms with van der Waals surface area (Å²) in [5.41, 5.74) is 4.39. The summed E-state index contributed by atoms with van der Waals surface area (Å²) < 4.78 is 0. The van der Waals surface area contributed by atoms with Gasteiger partial charge in [-0.05, 0) is 140 Å². The van der Waals surface area contributed by atoms with Crippen molar-refractivity contribution in [1.29, 1.82) is 0 Å². The van der Waals surface area contributed by atoms with Crippen LogP contribution in [0.4, 0.5) is 11.4 Å². The van der Waals surface area contributed by atoms with E-state index in [1.54, 1.807) is 0 Å². The number of aliphatic hydroxyl groups excluding tert-OH is 1. The number of nitrogens with one attached hydrogen (secondary N) is 2. The minimum absolute atomic E-state index is 0.0291. The predicted octanol–water partition coefficient (Wildman–Crippen LogP) is 7.76. The van der Waals surface area contributed by atoms with Crippen LogP contribution in [0.3, 0.4) is 0 Å². The number of rotatable bonds is 8. The Kier molecular flexibility index (Phi) is 10.2. The average Bonchev–Trinajstić information content (AvgIpc) is 3.13. The van der Waals surface area contributed by atoms with Gasteiger partial charge >= 0.3 is 0 Å². The highest BCUT2D eigenvalue weighted by Gasteiger charge is 2.70. The maximum Gasteiger partial charge on any atom is 0.228 e. The first-order chi connectivity index (χ1) is 25.4. The number of anilines is 2. The quantitative estimate of drug-likeness (QED) is 0.159. The maximum atomic E-state index is 14.7. The van der Waals surface area contributed by atoms with Crippen molar-refractivity contribution in [3.63, 3.8) is 0 Å². The van der Waals surface area contributed by atoms with Crippen molar-refractivity contribution in [2.75, 3.05) is 42.9 Å². The van der Waals surface area contributed by atoms with Gasteiger partial charge in [-0.25, -0.2) is 5.48 Å². The molecule has 4 N–H and O–H groups in total. The summed E-state index contributed by atoms with van der Waals surface area (Å²) in [6.45, 7) is 19.8. The van der Waals surface area contributed by atoms with Gasteiger partial charge in [0.25, 0.3) is 0 Å². The standard InChI is InChI=1S/C45H68N4O5/c1-40(2)35-15-18-45(7)38(43(35,5)17-16-36(40)51)34(50)28-32-33-29-42(4,20-19-41(33,3)21-22-44(32,45)6)39(53)49-26-24-48(25-27-49)31-13-11-30(12-14-31)47-37(52)10-8-9-23-46-54/h11-14,28,33,35-36,38,46,51,54H,8-10,15-27,29H2,1-7H3,(H,47,52)/t33-,35-,36-,38+,41+,42-,43-,44+,45+/m0/s1. The summed E-state index contributed by atoms with van der Waals surface area (Å²) in [4.78, 5) is 46.0. The number of carbonyl (C=O) groups is 3. The molecule has 0 unspecified atom stereocenters. The molecule has 1 saturated heterocycles. The van der Waals surface area contributed by atoms with Crippen LogP contribution in [0.15, 0.2) is 35.9 Å². The van der Waals surface area contributed by atoms with Gasteiger partial charge in [0.2, 0.25) is 11.8 Å². The zero-order valence-electron chi connectivity index (χ0n) is 34.2. The van der Waals surface area contributed by atoms with Crippen molar-refractivity contribution in [1.82, 2.24) is 10.4 Å². The van der Waals surface area contributed by atoms with Gasteiger partial charge in [0.15, 0.2) is 5.78 Å². The molecule has 0 aromatic heterocycles. The van der Waals surface area contributed by atoms with E-state index in [1.165, 1.54) is 5.57 Å². The molecule has 7 rings (SSSR count). The lowest BCUT2D eigenvalue weighted by molar-refractivity contribution is -0.202. The molecule has 0 radical (unpaired) electrons. The largest absolute Gasteiger partial charge is 0.393 e. The summed E-state index contributed by atoms with van der Waals surface area (Å²) in [7, 11) is 0. The summed E-state index contributed by atoms with van der Waals surface area (Å²) >= 11 is 0. The molecule has 54 heavy (non-hydrogen) atoms. The third-order valence-electron chi connectivity index (χ3n) is 17.1. The monoisotopic (exact) mass is 745 g/mol. The van der Waals surface area contributed by atoms with Crippen molar-refractivity contribution in [3.8, 4) is 0 Å². The number of aliphatic hydroxyl groups is 1. The Labute approximate surface area is 324 Å². The molecule has 1 heterocycles. The number of hydroxylamine groups is 1. The lowest BCUT2D eigenvalue weighted by Crippen LogP contribution is -2.66. The van der Waals surface area contributed by atoms with E-state index in [-0.39, 0.29) is 56.8 Å². The number of ketones is 1. The lowest BCUT2D eigenvalue weighted by Gasteiger charge is -2.70. The van der Waals surface area contributed by atoms with Crippen molar-refractivity contribution in [3.05, 3.63) is 35.9 Å². The molecule has 5 aliphatic carbocycles. The van der Waals surface area contributed by atoms with Crippen LogP contribution in [-0.2, 0) is 14.4 Å². The van der Waals surface area contributed by atoms with Crippen molar-refractivity contribution in [2.24, 2.45) is 50.2 Å². The van der Waals surface area contributed by atoms with Crippen molar-refractivity contribution in [2.45, 2.75) is 132 Å². The number of hydrogen-bond donors (Lipinski definition) is 4. The van der Waals surface area contributed by atoms with E-state index >= 15 is 0 Å². The van der Waals surface area contributed by atoms with Crippen LogP contribution >= 0.6 is 0 Å².